The van der Waals surface area contributed by atoms with Crippen LogP contribution in [0, 0.1) is 11.3 Å². The second-order valence-corrected chi connectivity index (χ2v) is 18.5. The van der Waals surface area contributed by atoms with E-state index in [1.54, 1.807) is 41.7 Å². The van der Waals surface area contributed by atoms with Gasteiger partial charge in [-0.1, -0.05) is 72.0 Å². The van der Waals surface area contributed by atoms with Gasteiger partial charge < -0.3 is 20.3 Å². The van der Waals surface area contributed by atoms with Gasteiger partial charge in [0.25, 0.3) is 11.8 Å². The maximum absolute atomic E-state index is 9.71. The molecule has 0 aliphatic heterocycles. The Labute approximate surface area is 272 Å². The first-order chi connectivity index (χ1) is 20.5. The topological polar surface area (TPSA) is 158 Å². The summed E-state index contributed by atoms with van der Waals surface area (Å²) in [5, 5.41) is 9.78. The van der Waals surface area contributed by atoms with Gasteiger partial charge in [0, 0.05) is 81.2 Å². The van der Waals surface area contributed by atoms with E-state index in [2.05, 4.69) is 41.7 Å². The SMILES string of the molecule is N#CC(N)c1ccccc1.Nc1sc(-c2ncco2)nc1-c1ccccc1.O=Cc1ncco1.S=S=S=S=S=S=S=S. The van der Waals surface area contributed by atoms with Crippen LogP contribution >= 0.6 is 11.3 Å². The number of rotatable bonds is 4. The number of nitrogen functional groups attached to an aromatic ring is 1. The number of benzene rings is 2. The van der Waals surface area contributed by atoms with Crippen molar-refractivity contribution in [1.82, 2.24) is 15.0 Å². The quantitative estimate of drug-likeness (QED) is 0.247. The van der Waals surface area contributed by atoms with Crippen molar-refractivity contribution in [3.63, 3.8) is 0 Å². The number of oxazole rings is 2. The van der Waals surface area contributed by atoms with Crippen molar-refractivity contribution in [2.75, 3.05) is 5.73 Å². The van der Waals surface area contributed by atoms with Gasteiger partial charge in [-0.05, 0) is 5.56 Å². The Balaban J connectivity index is 0.000000212. The molecule has 3 heterocycles. The minimum atomic E-state index is -0.485. The Hall–Kier alpha value is -2.83. The van der Waals surface area contributed by atoms with E-state index in [4.69, 9.17) is 21.1 Å². The summed E-state index contributed by atoms with van der Waals surface area (Å²) in [6.45, 7) is 0. The van der Waals surface area contributed by atoms with Gasteiger partial charge >= 0.3 is 0 Å². The number of nitrogens with two attached hydrogens (primary N) is 2. The Morgan fingerprint density at radius 1 is 0.905 bits per heavy atom. The predicted octanol–water partition coefficient (Wildman–Crippen LogP) is 4.73. The van der Waals surface area contributed by atoms with Crippen LogP contribution < -0.4 is 11.5 Å². The number of carbonyl (C=O) groups is 1. The average molecular weight is 729 g/mol. The molecule has 5 rings (SSSR count). The van der Waals surface area contributed by atoms with E-state index in [0.717, 1.165) is 16.8 Å². The highest BCUT2D eigenvalue weighted by molar-refractivity contribution is 8.70. The summed E-state index contributed by atoms with van der Waals surface area (Å²) in [6, 6.07) is 20.6. The molecule has 0 aliphatic carbocycles. The van der Waals surface area contributed by atoms with Crippen molar-refractivity contribution in [1.29, 1.82) is 5.26 Å². The fraction of sp³-hybridized carbons (Fsp3) is 0.0417. The van der Waals surface area contributed by atoms with E-state index < -0.39 is 6.04 Å². The summed E-state index contributed by atoms with van der Waals surface area (Å²) in [7, 11) is 9.12. The smallest absolute Gasteiger partial charge is 0.259 e. The molecular weight excluding hydrogens is 709 g/mol. The molecule has 1 atom stereocenters. The van der Waals surface area contributed by atoms with Crippen molar-refractivity contribution >= 4 is 98.3 Å². The molecule has 0 spiro atoms. The summed E-state index contributed by atoms with van der Waals surface area (Å²) in [5.74, 6) is 0.629. The highest BCUT2D eigenvalue weighted by Crippen LogP contribution is 2.34. The van der Waals surface area contributed by atoms with Crippen molar-refractivity contribution in [3.05, 3.63) is 97.0 Å². The number of thiazole rings is 1. The second-order valence-electron chi connectivity index (χ2n) is 6.85. The number of carbonyl (C=O) groups excluding carboxylic acids is 1. The second kappa shape index (κ2) is 21.8. The molecular formula is C24H20N6O3S9. The number of hydrogen-bond donors (Lipinski definition) is 2. The fourth-order valence-electron chi connectivity index (χ4n) is 2.63. The molecule has 0 saturated carbocycles. The maximum Gasteiger partial charge on any atom is 0.259 e. The lowest BCUT2D eigenvalue weighted by Gasteiger charge is -1.99. The van der Waals surface area contributed by atoms with Crippen LogP contribution in [0.25, 0.3) is 22.2 Å². The molecule has 218 valence electrons. The van der Waals surface area contributed by atoms with Crippen molar-refractivity contribution < 1.29 is 13.6 Å². The minimum Gasteiger partial charge on any atom is -0.443 e. The summed E-state index contributed by atoms with van der Waals surface area (Å²) >= 11 is 10.6. The molecule has 4 N–H and O–H groups in total. The lowest BCUT2D eigenvalue weighted by atomic mass is 10.1. The molecule has 0 radical (unpaired) electrons. The van der Waals surface area contributed by atoms with E-state index in [1.807, 2.05) is 66.7 Å². The van der Waals surface area contributed by atoms with Gasteiger partial charge in [-0.25, -0.2) is 15.0 Å². The van der Waals surface area contributed by atoms with Gasteiger partial charge in [-0.2, -0.15) is 5.26 Å². The van der Waals surface area contributed by atoms with Crippen molar-refractivity contribution in [3.8, 4) is 28.2 Å². The van der Waals surface area contributed by atoms with E-state index in [1.165, 1.54) is 47.8 Å². The standard InChI is InChI=1S/C12H9N3OS.C8H8N2.C4H3NO2.S8/c13-10-9(8-4-2-1-3-5-8)15-12(17-10)11-14-6-7-16-11;9-6-8(10)7-4-2-1-3-5-7;6-3-4-5-1-2-7-4;1-3-5-7-8-6-4-2/h1-7H,13H2;1-5,8H,10H2;1-3H;. The molecule has 9 nitrogen and oxygen atoms in total. The van der Waals surface area contributed by atoms with Crippen LogP contribution in [0.4, 0.5) is 5.00 Å². The number of hydrogen-bond acceptors (Lipinski definition) is 12. The first kappa shape index (κ1) is 35.4. The van der Waals surface area contributed by atoms with E-state index in [9.17, 15) is 4.79 Å². The third kappa shape index (κ3) is 13.4. The van der Waals surface area contributed by atoms with Crippen LogP contribution in [-0.2, 0) is 75.7 Å². The summed E-state index contributed by atoms with van der Waals surface area (Å²) < 4.78 is 9.71. The third-order valence-electron chi connectivity index (χ3n) is 4.30. The average Bonchev–Trinajstić information content (AvgIpc) is 3.84. The Kier molecular flexibility index (Phi) is 18.4. The molecule has 0 aliphatic rings. The molecule has 5 aromatic rings. The van der Waals surface area contributed by atoms with Crippen molar-refractivity contribution in [2.45, 2.75) is 6.04 Å². The first-order valence-electron chi connectivity index (χ1n) is 11.1. The monoisotopic (exact) mass is 728 g/mol. The Bertz CT molecular complexity index is 1760. The largest absolute Gasteiger partial charge is 0.443 e. The normalized spacial score (nSPS) is 9.81. The maximum atomic E-state index is 9.71. The molecule has 1 unspecified atom stereocenters. The number of aromatic nitrogens is 3. The summed E-state index contributed by atoms with van der Waals surface area (Å²) in [5.41, 5.74) is 14.0. The van der Waals surface area contributed by atoms with Crippen LogP contribution in [0.3, 0.4) is 0 Å². The van der Waals surface area contributed by atoms with E-state index >= 15 is 0 Å². The lowest BCUT2D eigenvalue weighted by Crippen LogP contribution is -2.06. The highest BCUT2D eigenvalue weighted by atomic mass is 33.4. The molecule has 0 bridgehead atoms. The van der Waals surface area contributed by atoms with Gasteiger partial charge in [0.05, 0.1) is 18.5 Å². The zero-order chi connectivity index (χ0) is 30.4. The molecule has 18 heteroatoms. The minimum absolute atomic E-state index is 0.125. The summed E-state index contributed by atoms with van der Waals surface area (Å²) in [6.07, 6.45) is 6.44. The van der Waals surface area contributed by atoms with Crippen LogP contribution in [0.1, 0.15) is 22.3 Å². The van der Waals surface area contributed by atoms with Crippen LogP contribution in [0.5, 0.6) is 0 Å². The van der Waals surface area contributed by atoms with Crippen LogP contribution in [0.15, 0.2) is 94.4 Å². The molecule has 2 aromatic carbocycles. The van der Waals surface area contributed by atoms with Crippen LogP contribution in [0.2, 0.25) is 0 Å². The van der Waals surface area contributed by atoms with Gasteiger partial charge in [0.1, 0.15) is 29.3 Å². The van der Waals surface area contributed by atoms with Gasteiger partial charge in [-0.15, -0.1) is 0 Å². The van der Waals surface area contributed by atoms with Crippen molar-refractivity contribution in [2.24, 2.45) is 5.73 Å². The van der Waals surface area contributed by atoms with Gasteiger partial charge in [0.15, 0.2) is 5.01 Å². The van der Waals surface area contributed by atoms with Gasteiger partial charge in [-0.3, -0.25) is 4.79 Å². The molecule has 3 aromatic heterocycles. The first-order valence-corrected chi connectivity index (χ1v) is 21.2. The van der Waals surface area contributed by atoms with E-state index in [0.29, 0.717) is 22.2 Å². The Morgan fingerprint density at radius 2 is 1.50 bits per heavy atom. The fourth-order valence-corrected chi connectivity index (χ4v) is 14.4. The molecule has 0 saturated heterocycles. The molecule has 42 heavy (non-hydrogen) atoms. The van der Waals surface area contributed by atoms with Gasteiger partial charge in [0.2, 0.25) is 6.29 Å². The van der Waals surface area contributed by atoms with Crippen LogP contribution in [-0.4, -0.2) is 21.2 Å². The number of nitrogens with zero attached hydrogens (tertiary/aromatic N) is 4. The number of aldehydes is 1. The zero-order valence-corrected chi connectivity index (χ0v) is 28.4. The molecule has 0 amide bonds. The lowest BCUT2D eigenvalue weighted by molar-refractivity contribution is 0.109. The number of nitriles is 1. The van der Waals surface area contributed by atoms with E-state index in [-0.39, 0.29) is 5.89 Å². The molecule has 0 fully saturated rings. The summed E-state index contributed by atoms with van der Waals surface area (Å²) in [4.78, 5) is 21.7. The number of anilines is 1. The predicted molar refractivity (Wildman–Crippen MR) is 187 cm³/mol. The zero-order valence-electron chi connectivity index (χ0n) is 21.1. The third-order valence-corrected chi connectivity index (χ3v) is 16.3. The Morgan fingerprint density at radius 3 is 1.98 bits per heavy atom. The highest BCUT2D eigenvalue weighted by Gasteiger charge is 2.14.